The fourth-order valence-electron chi connectivity index (χ4n) is 3.25. The zero-order valence-electron chi connectivity index (χ0n) is 17.0. The van der Waals surface area contributed by atoms with Crippen molar-refractivity contribution < 1.29 is 24.1 Å². The molecule has 1 unspecified atom stereocenters. The number of hydrogen-bond acceptors (Lipinski definition) is 7. The lowest BCUT2D eigenvalue weighted by Gasteiger charge is -2.16. The summed E-state index contributed by atoms with van der Waals surface area (Å²) in [7, 11) is 0. The van der Waals surface area contributed by atoms with Crippen LogP contribution in [0.3, 0.4) is 0 Å². The second-order valence-corrected chi connectivity index (χ2v) is 7.14. The van der Waals surface area contributed by atoms with Crippen molar-refractivity contribution in [3.8, 4) is 5.75 Å². The minimum atomic E-state index is -1.10. The number of aromatic amines is 1. The van der Waals surface area contributed by atoms with Crippen LogP contribution >= 0.6 is 0 Å². The number of benzene rings is 2. The number of halogens is 1. The third-order valence-corrected chi connectivity index (χ3v) is 4.77. The van der Waals surface area contributed by atoms with Gasteiger partial charge in [-0.1, -0.05) is 12.1 Å². The van der Waals surface area contributed by atoms with Crippen LogP contribution in [-0.4, -0.2) is 49.6 Å². The van der Waals surface area contributed by atoms with Crippen LogP contribution in [0.15, 0.2) is 48.5 Å². The van der Waals surface area contributed by atoms with E-state index in [2.05, 4.69) is 25.5 Å². The highest BCUT2D eigenvalue weighted by Crippen LogP contribution is 2.30. The molecule has 0 aliphatic heterocycles. The first-order chi connectivity index (χ1) is 15.4. The van der Waals surface area contributed by atoms with Crippen molar-refractivity contribution in [3.05, 3.63) is 71.4 Å². The number of fused-ring (bicyclic) bond motifs is 1. The topological polar surface area (TPSA) is 133 Å². The van der Waals surface area contributed by atoms with E-state index >= 15 is 0 Å². The van der Waals surface area contributed by atoms with Crippen LogP contribution < -0.4 is 10.1 Å². The number of nitrogens with one attached hydrogen (secondary N) is 2. The molecule has 0 aliphatic carbocycles. The molecule has 2 aromatic carbocycles. The van der Waals surface area contributed by atoms with Crippen molar-refractivity contribution in [1.29, 1.82) is 0 Å². The number of carboxylic acids is 1. The Bertz CT molecular complexity index is 1260. The summed E-state index contributed by atoms with van der Waals surface area (Å²) in [5.74, 6) is -0.471. The molecule has 0 amide bonds. The quantitative estimate of drug-likeness (QED) is 0.330. The second kappa shape index (κ2) is 8.98. The van der Waals surface area contributed by atoms with Crippen molar-refractivity contribution in [3.63, 3.8) is 0 Å². The molecular weight excluding hydrogens is 417 g/mol. The number of aryl methyl sites for hydroxylation is 1. The molecule has 164 valence electrons. The van der Waals surface area contributed by atoms with Crippen LogP contribution in [0.2, 0.25) is 0 Å². The maximum Gasteiger partial charge on any atom is 0.341 e. The molecule has 10 heteroatoms. The Labute approximate surface area is 181 Å². The summed E-state index contributed by atoms with van der Waals surface area (Å²) in [5, 5.41) is 29.7. The molecule has 4 aromatic rings. The molecule has 0 saturated carbocycles. The van der Waals surface area contributed by atoms with E-state index in [0.717, 1.165) is 5.69 Å². The van der Waals surface area contributed by atoms with E-state index in [4.69, 9.17) is 9.84 Å². The maximum atomic E-state index is 13.4. The van der Waals surface area contributed by atoms with Gasteiger partial charge in [0, 0.05) is 23.2 Å². The van der Waals surface area contributed by atoms with E-state index < -0.39 is 18.5 Å². The minimum absolute atomic E-state index is 0.298. The van der Waals surface area contributed by atoms with Gasteiger partial charge in [-0.15, -0.1) is 0 Å². The molecule has 0 bridgehead atoms. The Hall–Kier alpha value is -4.05. The average Bonchev–Trinajstić information content (AvgIpc) is 3.18. The summed E-state index contributed by atoms with van der Waals surface area (Å²) in [6.45, 7) is 1.08. The van der Waals surface area contributed by atoms with Crippen molar-refractivity contribution in [2.45, 2.75) is 12.8 Å². The molecule has 0 fully saturated rings. The third-order valence-electron chi connectivity index (χ3n) is 4.77. The van der Waals surface area contributed by atoms with Crippen LogP contribution in [0.5, 0.6) is 5.75 Å². The fourth-order valence-corrected chi connectivity index (χ4v) is 3.25. The number of carboxylic acid groups (broad SMARTS) is 1. The SMILES string of the molecule is Cc1cc(Nc2nc(C(CO)c3ccc(F)cc3)nc3cc(OCC(=O)O)ccc23)n[nH]1. The molecule has 2 heterocycles. The van der Waals surface area contributed by atoms with E-state index in [1.807, 2.05) is 6.92 Å². The predicted molar refractivity (Wildman–Crippen MR) is 115 cm³/mol. The Balaban J connectivity index is 1.81. The van der Waals surface area contributed by atoms with E-state index in [1.165, 1.54) is 12.1 Å². The van der Waals surface area contributed by atoms with Crippen LogP contribution in [0.4, 0.5) is 16.0 Å². The van der Waals surface area contributed by atoms with Crippen LogP contribution in [-0.2, 0) is 4.79 Å². The molecule has 0 saturated heterocycles. The van der Waals surface area contributed by atoms with Crippen molar-refractivity contribution in [2.24, 2.45) is 0 Å². The average molecular weight is 437 g/mol. The smallest absolute Gasteiger partial charge is 0.341 e. The van der Waals surface area contributed by atoms with E-state index in [1.54, 1.807) is 36.4 Å². The Kier molecular flexibility index (Phi) is 5.95. The Morgan fingerprint density at radius 1 is 1.19 bits per heavy atom. The highest BCUT2D eigenvalue weighted by Gasteiger charge is 2.20. The van der Waals surface area contributed by atoms with Gasteiger partial charge in [0.05, 0.1) is 18.0 Å². The van der Waals surface area contributed by atoms with Gasteiger partial charge < -0.3 is 20.3 Å². The van der Waals surface area contributed by atoms with Gasteiger partial charge in [0.2, 0.25) is 0 Å². The van der Waals surface area contributed by atoms with Crippen molar-refractivity contribution in [2.75, 3.05) is 18.5 Å². The van der Waals surface area contributed by atoms with E-state index in [9.17, 15) is 14.3 Å². The number of aromatic nitrogens is 4. The summed E-state index contributed by atoms with van der Waals surface area (Å²) in [6, 6.07) is 12.5. The van der Waals surface area contributed by atoms with Gasteiger partial charge in [-0.2, -0.15) is 5.10 Å². The molecule has 2 aromatic heterocycles. The van der Waals surface area contributed by atoms with Gasteiger partial charge in [0.25, 0.3) is 0 Å². The van der Waals surface area contributed by atoms with Gasteiger partial charge in [-0.05, 0) is 36.8 Å². The van der Waals surface area contributed by atoms with Crippen LogP contribution in [0, 0.1) is 12.7 Å². The molecule has 32 heavy (non-hydrogen) atoms. The number of rotatable bonds is 8. The molecule has 0 aliphatic rings. The van der Waals surface area contributed by atoms with E-state index in [0.29, 0.717) is 39.7 Å². The van der Waals surface area contributed by atoms with Crippen molar-refractivity contribution in [1.82, 2.24) is 20.2 Å². The largest absolute Gasteiger partial charge is 0.482 e. The van der Waals surface area contributed by atoms with Gasteiger partial charge in [0.1, 0.15) is 23.2 Å². The predicted octanol–water partition coefficient (Wildman–Crippen LogP) is 3.13. The summed E-state index contributed by atoms with van der Waals surface area (Å²) in [4.78, 5) is 20.0. The van der Waals surface area contributed by atoms with Crippen LogP contribution in [0.25, 0.3) is 10.9 Å². The lowest BCUT2D eigenvalue weighted by Crippen LogP contribution is -2.12. The number of aliphatic carboxylic acids is 1. The number of nitrogens with zero attached hydrogens (tertiary/aromatic N) is 3. The molecule has 4 rings (SSSR count). The lowest BCUT2D eigenvalue weighted by atomic mass is 9.99. The van der Waals surface area contributed by atoms with E-state index in [-0.39, 0.29) is 12.4 Å². The van der Waals surface area contributed by atoms with Crippen LogP contribution in [0.1, 0.15) is 23.0 Å². The number of anilines is 2. The number of H-pyrrole nitrogens is 1. The monoisotopic (exact) mass is 437 g/mol. The van der Waals surface area contributed by atoms with Gasteiger partial charge in [-0.25, -0.2) is 19.2 Å². The molecular formula is C22H20FN5O4. The fraction of sp³-hybridized carbons (Fsp3) is 0.182. The van der Waals surface area contributed by atoms with Crippen molar-refractivity contribution >= 4 is 28.5 Å². The minimum Gasteiger partial charge on any atom is -0.482 e. The molecule has 1 atom stereocenters. The number of aliphatic hydroxyl groups is 1. The summed E-state index contributed by atoms with van der Waals surface area (Å²) in [6.07, 6.45) is 0. The highest BCUT2D eigenvalue weighted by molar-refractivity contribution is 5.91. The van der Waals surface area contributed by atoms with Gasteiger partial charge in [-0.3, -0.25) is 5.10 Å². The lowest BCUT2D eigenvalue weighted by molar-refractivity contribution is -0.139. The zero-order valence-corrected chi connectivity index (χ0v) is 17.0. The molecule has 4 N–H and O–H groups in total. The number of ether oxygens (including phenoxy) is 1. The Morgan fingerprint density at radius 2 is 1.97 bits per heavy atom. The molecule has 0 spiro atoms. The second-order valence-electron chi connectivity index (χ2n) is 7.14. The molecule has 9 nitrogen and oxygen atoms in total. The first-order valence-electron chi connectivity index (χ1n) is 9.74. The number of carbonyl (C=O) groups is 1. The van der Waals surface area contributed by atoms with Gasteiger partial charge >= 0.3 is 5.97 Å². The first kappa shape index (κ1) is 21.2. The van der Waals surface area contributed by atoms with Gasteiger partial charge in [0.15, 0.2) is 12.4 Å². The molecule has 0 radical (unpaired) electrons. The third kappa shape index (κ3) is 4.65. The number of aliphatic hydroxyl groups excluding tert-OH is 1. The summed E-state index contributed by atoms with van der Waals surface area (Å²) in [5.41, 5.74) is 1.98. The number of hydrogen-bond donors (Lipinski definition) is 4. The maximum absolute atomic E-state index is 13.4. The standard InChI is InChI=1S/C22H20FN5O4/c1-12-8-19(28-27-12)25-21-16-7-6-15(32-11-20(30)31)9-18(16)24-22(26-21)17(10-29)13-2-4-14(23)5-3-13/h2-9,17,29H,10-11H2,1H3,(H,30,31)(H2,24,25,26,27,28). The zero-order chi connectivity index (χ0) is 22.7. The first-order valence-corrected chi connectivity index (χ1v) is 9.74. The highest BCUT2D eigenvalue weighted by atomic mass is 19.1. The normalized spacial score (nSPS) is 12.0. The Morgan fingerprint density at radius 3 is 2.62 bits per heavy atom. The summed E-state index contributed by atoms with van der Waals surface area (Å²) >= 11 is 0. The summed E-state index contributed by atoms with van der Waals surface area (Å²) < 4.78 is 18.7.